The van der Waals surface area contributed by atoms with E-state index in [1.54, 1.807) is 12.5 Å². The summed E-state index contributed by atoms with van der Waals surface area (Å²) in [5, 5.41) is 0. The number of piperidine rings is 1. The zero-order valence-corrected chi connectivity index (χ0v) is 26.2. The Kier molecular flexibility index (Phi) is 7.49. The van der Waals surface area contributed by atoms with Gasteiger partial charge in [0.1, 0.15) is 11.8 Å². The van der Waals surface area contributed by atoms with Crippen LogP contribution in [0.4, 0.5) is 0 Å². The average molecular weight is 554 g/mol. The summed E-state index contributed by atoms with van der Waals surface area (Å²) in [5.41, 5.74) is 1.71. The van der Waals surface area contributed by atoms with E-state index in [0.29, 0.717) is 36.0 Å². The van der Waals surface area contributed by atoms with Crippen LogP contribution >= 0.6 is 0 Å². The Balaban J connectivity index is 1.18. The van der Waals surface area contributed by atoms with Gasteiger partial charge in [-0.2, -0.15) is 0 Å². The van der Waals surface area contributed by atoms with Crippen LogP contribution in [-0.2, 0) is 19.1 Å². The summed E-state index contributed by atoms with van der Waals surface area (Å²) >= 11 is 0. The second kappa shape index (κ2) is 10.4. The molecule has 5 heteroatoms. The molecule has 6 rings (SSSR count). The molecular weight excluding hydrogens is 498 g/mol. The average Bonchev–Trinajstić information content (AvgIpc) is 3.36. The lowest BCUT2D eigenvalue weighted by molar-refractivity contribution is -0.200. The Morgan fingerprint density at radius 3 is 2.62 bits per heavy atom. The van der Waals surface area contributed by atoms with Crippen molar-refractivity contribution in [3.05, 3.63) is 11.6 Å². The number of amides is 1. The lowest BCUT2D eigenvalue weighted by atomic mass is 9.46. The number of esters is 1. The first-order valence-corrected chi connectivity index (χ1v) is 16.9. The molecule has 0 unspecified atom stereocenters. The number of ether oxygens (including phenoxy) is 2. The normalized spacial score (nSPS) is 47.6. The molecule has 6 aliphatic rings. The maximum Gasteiger partial charge on any atom is 0.306 e. The van der Waals surface area contributed by atoms with Crippen molar-refractivity contribution in [2.24, 2.45) is 46.3 Å². The van der Waals surface area contributed by atoms with E-state index in [4.69, 9.17) is 9.47 Å². The van der Waals surface area contributed by atoms with Gasteiger partial charge in [-0.15, -0.1) is 0 Å². The molecule has 5 fully saturated rings. The molecule has 0 bridgehead atoms. The number of fused-ring (bicyclic) bond motifs is 7. The number of rotatable bonds is 5. The predicted molar refractivity (Wildman–Crippen MR) is 157 cm³/mol. The fourth-order valence-corrected chi connectivity index (χ4v) is 11.3. The minimum Gasteiger partial charge on any atom is -0.462 e. The number of allylic oxidation sites excluding steroid dienone is 1. The summed E-state index contributed by atoms with van der Waals surface area (Å²) in [5.74, 6) is 3.79. The van der Waals surface area contributed by atoms with E-state index < -0.39 is 5.72 Å². The van der Waals surface area contributed by atoms with Crippen molar-refractivity contribution in [1.29, 1.82) is 0 Å². The largest absolute Gasteiger partial charge is 0.462 e. The highest BCUT2D eigenvalue weighted by molar-refractivity contribution is 5.74. The Bertz CT molecular complexity index is 1040. The number of carbonyl (C=O) groups is 2. The van der Waals surface area contributed by atoms with E-state index >= 15 is 0 Å². The molecule has 40 heavy (non-hydrogen) atoms. The minimum atomic E-state index is -0.392. The van der Waals surface area contributed by atoms with Gasteiger partial charge in [-0.3, -0.25) is 9.59 Å². The van der Waals surface area contributed by atoms with Gasteiger partial charge in [0.2, 0.25) is 5.91 Å². The second-order valence-electron chi connectivity index (χ2n) is 15.4. The maximum atomic E-state index is 12.8. The zero-order valence-electron chi connectivity index (χ0n) is 26.2. The third-order valence-corrected chi connectivity index (χ3v) is 13.4. The van der Waals surface area contributed by atoms with Gasteiger partial charge in [0, 0.05) is 32.2 Å². The summed E-state index contributed by atoms with van der Waals surface area (Å²) in [4.78, 5) is 27.4. The fraction of sp³-hybridized carbons (Fsp3) is 0.886. The Morgan fingerprint density at radius 1 is 1.07 bits per heavy atom. The van der Waals surface area contributed by atoms with Crippen LogP contribution < -0.4 is 0 Å². The Labute approximate surface area is 243 Å². The molecule has 11 atom stereocenters. The number of carbonyl (C=O) groups excluding carboxylic acids is 2. The van der Waals surface area contributed by atoms with Crippen molar-refractivity contribution < 1.29 is 19.1 Å². The van der Waals surface area contributed by atoms with Gasteiger partial charge < -0.3 is 14.4 Å². The van der Waals surface area contributed by atoms with Crippen molar-refractivity contribution in [2.45, 2.75) is 143 Å². The van der Waals surface area contributed by atoms with Crippen molar-refractivity contribution in [1.82, 2.24) is 4.90 Å². The highest BCUT2D eigenvalue weighted by atomic mass is 16.5. The van der Waals surface area contributed by atoms with Crippen LogP contribution in [-0.4, -0.2) is 41.3 Å². The number of likely N-dealkylation sites (tertiary alicyclic amines) is 1. The zero-order chi connectivity index (χ0) is 28.4. The van der Waals surface area contributed by atoms with E-state index in [0.717, 1.165) is 70.3 Å². The van der Waals surface area contributed by atoms with Crippen molar-refractivity contribution in [3.63, 3.8) is 0 Å². The summed E-state index contributed by atoms with van der Waals surface area (Å²) < 4.78 is 13.1. The molecule has 5 nitrogen and oxygen atoms in total. The van der Waals surface area contributed by atoms with Crippen LogP contribution in [0.25, 0.3) is 0 Å². The third kappa shape index (κ3) is 4.33. The number of unbranched alkanes of at least 4 members (excludes halogenated alkanes) is 2. The minimum absolute atomic E-state index is 0.00456. The highest BCUT2D eigenvalue weighted by Crippen LogP contribution is 2.70. The van der Waals surface area contributed by atoms with Gasteiger partial charge in [-0.1, -0.05) is 59.1 Å². The van der Waals surface area contributed by atoms with Gasteiger partial charge in [0.05, 0.1) is 6.10 Å². The first kappa shape index (κ1) is 28.7. The molecule has 0 aromatic heterocycles. The summed E-state index contributed by atoms with van der Waals surface area (Å²) in [6.07, 6.45) is 16.8. The van der Waals surface area contributed by atoms with Crippen molar-refractivity contribution in [2.75, 3.05) is 6.54 Å². The number of hydrogen-bond acceptors (Lipinski definition) is 4. The smallest absolute Gasteiger partial charge is 0.306 e. The molecule has 3 saturated carbocycles. The van der Waals surface area contributed by atoms with Gasteiger partial charge >= 0.3 is 5.97 Å². The molecule has 2 saturated heterocycles. The first-order valence-electron chi connectivity index (χ1n) is 16.9. The molecular formula is C35H55NO4. The van der Waals surface area contributed by atoms with E-state index in [9.17, 15) is 9.59 Å². The van der Waals surface area contributed by atoms with Crippen LogP contribution in [0.3, 0.4) is 0 Å². The fourth-order valence-electron chi connectivity index (χ4n) is 11.3. The predicted octanol–water partition coefficient (Wildman–Crippen LogP) is 7.68. The lowest BCUT2D eigenvalue weighted by Crippen LogP contribution is -2.60. The third-order valence-electron chi connectivity index (χ3n) is 13.4. The van der Waals surface area contributed by atoms with E-state index in [2.05, 4.69) is 45.6 Å². The van der Waals surface area contributed by atoms with Crippen molar-refractivity contribution >= 4 is 11.9 Å². The van der Waals surface area contributed by atoms with E-state index in [-0.39, 0.29) is 34.9 Å². The Hall–Kier alpha value is -1.36. The molecule has 0 radical (unpaired) electrons. The molecule has 2 heterocycles. The standard InChI is InChI=1S/C35H55NO4/c1-7-8-9-10-31(38)39-26-14-16-33(5)25(19-26)11-12-27-28(33)15-17-34(6)29(27)20-30-32(34)23(3)35(40-30)18-13-22(2)21-36(35)24(4)37/h11,22-23,26-30,32H,7-10,12-21H2,1-6H3/t22-,23+,26+,27-,28-,29-,30-,32+,33-,34-,35+/m0/s1. The van der Waals surface area contributed by atoms with Crippen molar-refractivity contribution in [3.8, 4) is 0 Å². The SMILES string of the molecule is CCCCCC(=O)O[C@@H]1CC[C@@]2(C)C(=CC[C@@H]3[C@@H]4C[C@@H]5O[C@]6(CC[C@H](C)CN6C(C)=O)[C@H](C)[C@H]5[C@@]4(C)CC[C@@H]32)C1. The van der Waals surface area contributed by atoms with Crippen LogP contribution in [0, 0.1) is 46.3 Å². The second-order valence-corrected chi connectivity index (χ2v) is 15.4. The summed E-state index contributed by atoms with van der Waals surface area (Å²) in [6, 6.07) is 0. The van der Waals surface area contributed by atoms with Gasteiger partial charge in [-0.05, 0) is 98.2 Å². The molecule has 2 aliphatic heterocycles. The van der Waals surface area contributed by atoms with Crippen LogP contribution in [0.2, 0.25) is 0 Å². The quantitative estimate of drug-likeness (QED) is 0.199. The highest BCUT2D eigenvalue weighted by Gasteiger charge is 2.69. The molecule has 224 valence electrons. The number of hydrogen-bond donors (Lipinski definition) is 0. The van der Waals surface area contributed by atoms with Crippen LogP contribution in [0.5, 0.6) is 0 Å². The van der Waals surface area contributed by atoms with Gasteiger partial charge in [0.25, 0.3) is 0 Å². The van der Waals surface area contributed by atoms with Crippen LogP contribution in [0.15, 0.2) is 11.6 Å². The number of nitrogens with zero attached hydrogens (tertiary/aromatic N) is 1. The molecule has 4 aliphatic carbocycles. The molecule has 0 N–H and O–H groups in total. The van der Waals surface area contributed by atoms with Gasteiger partial charge in [-0.25, -0.2) is 0 Å². The molecule has 1 spiro atoms. The molecule has 1 amide bonds. The maximum absolute atomic E-state index is 12.8. The summed E-state index contributed by atoms with van der Waals surface area (Å²) in [6.45, 7) is 14.6. The van der Waals surface area contributed by atoms with E-state index in [1.165, 1.54) is 19.3 Å². The first-order chi connectivity index (χ1) is 19.0. The van der Waals surface area contributed by atoms with E-state index in [1.807, 2.05) is 0 Å². The summed E-state index contributed by atoms with van der Waals surface area (Å²) in [7, 11) is 0. The topological polar surface area (TPSA) is 55.8 Å². The Morgan fingerprint density at radius 2 is 1.88 bits per heavy atom. The molecule has 0 aromatic rings. The monoisotopic (exact) mass is 553 g/mol. The van der Waals surface area contributed by atoms with Gasteiger partial charge in [0.15, 0.2) is 0 Å². The lowest BCUT2D eigenvalue weighted by Gasteiger charge is -2.59. The molecule has 0 aromatic carbocycles. The van der Waals surface area contributed by atoms with Crippen LogP contribution in [0.1, 0.15) is 125 Å².